The number of hydrogen-bond donors (Lipinski definition) is 2. The predicted molar refractivity (Wildman–Crippen MR) is 109 cm³/mol. The molecule has 1 aliphatic carbocycles. The lowest BCUT2D eigenvalue weighted by atomic mass is 9.94. The van der Waals surface area contributed by atoms with Crippen LogP contribution in [0.5, 0.6) is 0 Å². The monoisotopic (exact) mass is 385 g/mol. The van der Waals surface area contributed by atoms with Crippen molar-refractivity contribution in [2.75, 3.05) is 18.9 Å². The first kappa shape index (κ1) is 19.7. The fourth-order valence-corrected chi connectivity index (χ4v) is 4.75. The Bertz CT molecular complexity index is 825. The first-order chi connectivity index (χ1) is 13.0. The van der Waals surface area contributed by atoms with Gasteiger partial charge in [0.1, 0.15) is 11.9 Å². The number of nitriles is 1. The van der Waals surface area contributed by atoms with E-state index in [0.717, 1.165) is 11.3 Å². The van der Waals surface area contributed by atoms with Crippen LogP contribution < -0.4 is 10.2 Å². The van der Waals surface area contributed by atoms with Crippen molar-refractivity contribution in [2.45, 2.75) is 58.5 Å². The van der Waals surface area contributed by atoms with Crippen LogP contribution in [0.15, 0.2) is 17.5 Å². The fourth-order valence-electron chi connectivity index (χ4n) is 4.06. The van der Waals surface area contributed by atoms with Crippen LogP contribution in [-0.4, -0.2) is 30.1 Å². The highest BCUT2D eigenvalue weighted by atomic mass is 32.1. The number of nitrogens with zero attached hydrogens (tertiary/aromatic N) is 2. The number of amides is 1. The van der Waals surface area contributed by atoms with Gasteiger partial charge in [0.25, 0.3) is 5.91 Å². The second kappa shape index (κ2) is 8.73. The fraction of sp³-hybridized carbons (Fsp3) is 0.524. The molecule has 144 valence electrons. The Morgan fingerprint density at radius 2 is 2.11 bits per heavy atom. The number of likely N-dealkylation sites (N-methyl/N-ethyl adjacent to an activating group) is 1. The Labute approximate surface area is 165 Å². The van der Waals surface area contributed by atoms with E-state index in [1.807, 2.05) is 25.3 Å². The van der Waals surface area contributed by atoms with Crippen LogP contribution in [0.1, 0.15) is 53.8 Å². The normalized spacial score (nSPS) is 16.1. The van der Waals surface area contributed by atoms with Crippen LogP contribution in [0.3, 0.4) is 0 Å². The van der Waals surface area contributed by atoms with Crippen molar-refractivity contribution >= 4 is 23.1 Å². The van der Waals surface area contributed by atoms with Crippen molar-refractivity contribution in [1.82, 2.24) is 4.57 Å². The number of quaternary nitrogens is 1. The summed E-state index contributed by atoms with van der Waals surface area (Å²) in [6, 6.07) is 6.97. The lowest BCUT2D eigenvalue weighted by Crippen LogP contribution is -3.14. The summed E-state index contributed by atoms with van der Waals surface area (Å²) in [5.74, 6) is 0.627. The predicted octanol–water partition coefficient (Wildman–Crippen LogP) is 2.87. The van der Waals surface area contributed by atoms with Crippen molar-refractivity contribution in [2.24, 2.45) is 0 Å². The Morgan fingerprint density at radius 3 is 2.74 bits per heavy atom. The average Bonchev–Trinajstić information content (AvgIpc) is 3.25. The van der Waals surface area contributed by atoms with Gasteiger partial charge in [-0.15, -0.1) is 11.3 Å². The molecule has 27 heavy (non-hydrogen) atoms. The zero-order valence-electron chi connectivity index (χ0n) is 16.5. The van der Waals surface area contributed by atoms with Crippen LogP contribution in [0.4, 0.5) is 5.82 Å². The van der Waals surface area contributed by atoms with Crippen LogP contribution in [0.2, 0.25) is 0 Å². The first-order valence-corrected chi connectivity index (χ1v) is 10.6. The average molecular weight is 386 g/mol. The highest BCUT2D eigenvalue weighted by molar-refractivity contribution is 7.09. The number of hydrogen-bond acceptors (Lipinski definition) is 3. The molecule has 0 spiro atoms. The minimum absolute atomic E-state index is 0.0143. The number of carbonyl (C=O) groups excluding carboxylic acids is 1. The highest BCUT2D eigenvalue weighted by Crippen LogP contribution is 2.28. The number of thiophene rings is 1. The van der Waals surface area contributed by atoms with Crippen molar-refractivity contribution in [1.29, 1.82) is 5.26 Å². The minimum Gasteiger partial charge on any atom is -0.327 e. The molecule has 0 bridgehead atoms. The van der Waals surface area contributed by atoms with Crippen LogP contribution in [-0.2, 0) is 11.3 Å². The number of aromatic nitrogens is 1. The molecule has 0 radical (unpaired) electrons. The largest absolute Gasteiger partial charge is 0.327 e. The zero-order chi connectivity index (χ0) is 19.4. The van der Waals surface area contributed by atoms with Crippen LogP contribution >= 0.6 is 11.3 Å². The van der Waals surface area contributed by atoms with Crippen molar-refractivity contribution in [3.63, 3.8) is 0 Å². The van der Waals surface area contributed by atoms with Crippen LogP contribution in [0, 0.1) is 25.2 Å². The molecule has 1 aliphatic rings. The summed E-state index contributed by atoms with van der Waals surface area (Å²) in [6.07, 6.45) is 6.26. The summed E-state index contributed by atoms with van der Waals surface area (Å²) < 4.78 is 2.06. The smallest absolute Gasteiger partial charge is 0.280 e. The molecule has 2 aromatic heterocycles. The topological polar surface area (TPSA) is 62.3 Å². The van der Waals surface area contributed by atoms with Gasteiger partial charge in [0.2, 0.25) is 0 Å². The molecule has 1 fully saturated rings. The number of anilines is 1. The zero-order valence-corrected chi connectivity index (χ0v) is 17.3. The molecule has 0 aromatic carbocycles. The minimum atomic E-state index is -0.0143. The summed E-state index contributed by atoms with van der Waals surface area (Å²) in [6.45, 7) is 5.08. The van der Waals surface area contributed by atoms with Gasteiger partial charge < -0.3 is 14.8 Å². The molecule has 2 aromatic rings. The van der Waals surface area contributed by atoms with E-state index < -0.39 is 0 Å². The number of carbonyl (C=O) groups is 1. The third kappa shape index (κ3) is 4.42. The van der Waals surface area contributed by atoms with Crippen molar-refractivity contribution < 1.29 is 9.69 Å². The quantitative estimate of drug-likeness (QED) is 0.803. The van der Waals surface area contributed by atoms with Crippen LogP contribution in [0.25, 0.3) is 0 Å². The van der Waals surface area contributed by atoms with Gasteiger partial charge in [-0.2, -0.15) is 5.26 Å². The van der Waals surface area contributed by atoms with Gasteiger partial charge in [-0.05, 0) is 56.5 Å². The SMILES string of the molecule is Cc1c(C#N)c(NC(=O)C[NH+](C)C2CCCCC2)n(Cc2cccs2)c1C. The van der Waals surface area contributed by atoms with Gasteiger partial charge in [0.05, 0.1) is 25.2 Å². The van der Waals surface area contributed by atoms with E-state index in [-0.39, 0.29) is 5.91 Å². The molecule has 1 unspecified atom stereocenters. The second-order valence-electron chi connectivity index (χ2n) is 7.62. The maximum atomic E-state index is 12.8. The van der Waals surface area contributed by atoms with E-state index in [1.54, 1.807) is 11.3 Å². The van der Waals surface area contributed by atoms with E-state index in [1.165, 1.54) is 41.9 Å². The maximum absolute atomic E-state index is 12.8. The summed E-state index contributed by atoms with van der Waals surface area (Å²) in [4.78, 5) is 15.2. The van der Waals surface area contributed by atoms with Crippen molar-refractivity contribution in [3.05, 3.63) is 39.2 Å². The van der Waals surface area contributed by atoms with E-state index in [9.17, 15) is 10.1 Å². The third-order valence-corrected chi connectivity index (χ3v) is 6.70. The van der Waals surface area contributed by atoms with Gasteiger partial charge in [0, 0.05) is 10.6 Å². The van der Waals surface area contributed by atoms with Gasteiger partial charge >= 0.3 is 0 Å². The Hall–Kier alpha value is -2.10. The molecule has 1 atom stereocenters. The molecule has 0 aliphatic heterocycles. The lowest BCUT2D eigenvalue weighted by molar-refractivity contribution is -0.899. The molecule has 6 heteroatoms. The summed E-state index contributed by atoms with van der Waals surface area (Å²) >= 11 is 1.69. The molecule has 0 saturated heterocycles. The second-order valence-corrected chi connectivity index (χ2v) is 8.65. The summed E-state index contributed by atoms with van der Waals surface area (Å²) in [5, 5.41) is 14.8. The highest BCUT2D eigenvalue weighted by Gasteiger charge is 2.25. The molecule has 2 heterocycles. The van der Waals surface area contributed by atoms with E-state index in [0.29, 0.717) is 30.5 Å². The Kier molecular flexibility index (Phi) is 6.35. The standard InChI is InChI=1S/C21H28N4OS/c1-15-16(2)25(13-18-10-7-11-27-18)21(19(15)12-22)23-20(26)14-24(3)17-8-5-4-6-9-17/h7,10-11,17H,4-6,8-9,13-14H2,1-3H3,(H,23,26)/p+1. The molecule has 1 amide bonds. The van der Waals surface area contributed by atoms with Crippen molar-refractivity contribution in [3.8, 4) is 6.07 Å². The molecule has 5 nitrogen and oxygen atoms in total. The lowest BCUT2D eigenvalue weighted by Gasteiger charge is -2.27. The van der Waals surface area contributed by atoms with E-state index >= 15 is 0 Å². The summed E-state index contributed by atoms with van der Waals surface area (Å²) in [5.41, 5.74) is 2.55. The van der Waals surface area contributed by atoms with Gasteiger partial charge in [0.15, 0.2) is 6.54 Å². The third-order valence-electron chi connectivity index (χ3n) is 5.83. The van der Waals surface area contributed by atoms with Gasteiger partial charge in [-0.1, -0.05) is 12.5 Å². The van der Waals surface area contributed by atoms with E-state index in [2.05, 4.69) is 29.1 Å². The molecule has 2 N–H and O–H groups in total. The molecule has 3 rings (SSSR count). The number of rotatable bonds is 6. The van der Waals surface area contributed by atoms with Gasteiger partial charge in [-0.3, -0.25) is 4.79 Å². The molecular weight excluding hydrogens is 356 g/mol. The summed E-state index contributed by atoms with van der Waals surface area (Å²) in [7, 11) is 2.11. The maximum Gasteiger partial charge on any atom is 0.280 e. The Balaban J connectivity index is 1.77. The van der Waals surface area contributed by atoms with Gasteiger partial charge in [-0.25, -0.2) is 0 Å². The molecular formula is C21H29N4OS+. The van der Waals surface area contributed by atoms with E-state index in [4.69, 9.17) is 0 Å². The molecule has 1 saturated carbocycles. The first-order valence-electron chi connectivity index (χ1n) is 9.75. The number of nitrogens with one attached hydrogen (secondary N) is 2. The Morgan fingerprint density at radius 1 is 1.37 bits per heavy atom.